The molecule has 1 saturated carbocycles. The van der Waals surface area contributed by atoms with E-state index in [9.17, 15) is 4.79 Å². The highest BCUT2D eigenvalue weighted by Crippen LogP contribution is 2.39. The van der Waals surface area contributed by atoms with Gasteiger partial charge in [0.1, 0.15) is 5.60 Å². The first kappa shape index (κ1) is 12.0. The van der Waals surface area contributed by atoms with Gasteiger partial charge in [0.2, 0.25) is 0 Å². The van der Waals surface area contributed by atoms with E-state index in [1.165, 1.54) is 0 Å². The summed E-state index contributed by atoms with van der Waals surface area (Å²) in [6.07, 6.45) is 0.631. The van der Waals surface area contributed by atoms with E-state index in [2.05, 4.69) is 11.9 Å². The van der Waals surface area contributed by atoms with Crippen LogP contribution >= 0.6 is 0 Å². The van der Waals surface area contributed by atoms with Crippen molar-refractivity contribution in [3.05, 3.63) is 12.2 Å². The number of carbonyl (C=O) groups is 1. The number of hydrogen-bond acceptors (Lipinski definition) is 3. The van der Waals surface area contributed by atoms with Gasteiger partial charge in [-0.2, -0.15) is 0 Å². The van der Waals surface area contributed by atoms with Gasteiger partial charge >= 0.3 is 6.09 Å². The lowest BCUT2D eigenvalue weighted by Gasteiger charge is -2.41. The second-order valence-corrected chi connectivity index (χ2v) is 5.21. The van der Waals surface area contributed by atoms with Crippen LogP contribution in [0.4, 0.5) is 4.79 Å². The second-order valence-electron chi connectivity index (χ2n) is 5.21. The van der Waals surface area contributed by atoms with Gasteiger partial charge in [-0.1, -0.05) is 12.2 Å². The van der Waals surface area contributed by atoms with E-state index in [4.69, 9.17) is 9.84 Å². The maximum absolute atomic E-state index is 11.5. The minimum Gasteiger partial charge on any atom is -0.440 e. The van der Waals surface area contributed by atoms with Crippen molar-refractivity contribution in [2.24, 2.45) is 0 Å². The van der Waals surface area contributed by atoms with Crippen molar-refractivity contribution in [1.29, 1.82) is 0 Å². The van der Waals surface area contributed by atoms with E-state index in [0.717, 1.165) is 5.57 Å². The van der Waals surface area contributed by atoms with Gasteiger partial charge in [0.15, 0.2) is 0 Å². The Morgan fingerprint density at radius 3 is 2.47 bits per heavy atom. The van der Waals surface area contributed by atoms with Crippen LogP contribution in [0.2, 0.25) is 0 Å². The smallest absolute Gasteiger partial charge is 0.408 e. The Balaban J connectivity index is 2.47. The van der Waals surface area contributed by atoms with Gasteiger partial charge < -0.3 is 15.2 Å². The minimum atomic E-state index is -0.730. The Morgan fingerprint density at radius 2 is 2.13 bits per heavy atom. The lowest BCUT2D eigenvalue weighted by atomic mass is 9.77. The third-order valence-corrected chi connectivity index (χ3v) is 2.22. The molecule has 0 radical (unpaired) electrons. The van der Waals surface area contributed by atoms with Crippen molar-refractivity contribution in [3.63, 3.8) is 0 Å². The zero-order valence-corrected chi connectivity index (χ0v) is 9.59. The normalized spacial score (nSPS) is 19.3. The molecule has 0 aromatic carbocycles. The first-order valence-corrected chi connectivity index (χ1v) is 5.05. The molecule has 4 nitrogen and oxygen atoms in total. The molecule has 0 aliphatic heterocycles. The summed E-state index contributed by atoms with van der Waals surface area (Å²) in [6, 6.07) is 0. The summed E-state index contributed by atoms with van der Waals surface area (Å²) in [6.45, 7) is 9.24. The number of aliphatic hydroxyl groups is 1. The number of rotatable bonds is 2. The third-order valence-electron chi connectivity index (χ3n) is 2.22. The van der Waals surface area contributed by atoms with E-state index in [1.54, 1.807) is 0 Å². The fourth-order valence-corrected chi connectivity index (χ4v) is 1.60. The van der Waals surface area contributed by atoms with Crippen LogP contribution in [0.5, 0.6) is 0 Å². The number of alkyl carbamates (subject to hydrolysis) is 1. The highest BCUT2D eigenvalue weighted by molar-refractivity contribution is 5.69. The Bertz CT molecular complexity index is 270. The van der Waals surface area contributed by atoms with Crippen LogP contribution in [0, 0.1) is 0 Å². The molecule has 0 bridgehead atoms. The summed E-state index contributed by atoms with van der Waals surface area (Å²) in [7, 11) is 0. The Kier molecular flexibility index (Phi) is 3.09. The van der Waals surface area contributed by atoms with Crippen LogP contribution < -0.4 is 5.32 Å². The van der Waals surface area contributed by atoms with Gasteiger partial charge in [-0.3, -0.25) is 0 Å². The molecule has 1 amide bonds. The summed E-state index contributed by atoms with van der Waals surface area (Å²) < 4.78 is 5.21. The first-order valence-electron chi connectivity index (χ1n) is 5.05. The third kappa shape index (κ3) is 3.23. The zero-order chi connectivity index (χ0) is 11.7. The number of amides is 1. The monoisotopic (exact) mass is 213 g/mol. The van der Waals surface area contributed by atoms with Crippen molar-refractivity contribution in [2.45, 2.75) is 44.8 Å². The number of ether oxygens (including phenoxy) is 1. The molecule has 1 aliphatic carbocycles. The van der Waals surface area contributed by atoms with E-state index in [0.29, 0.717) is 12.8 Å². The van der Waals surface area contributed by atoms with Crippen LogP contribution in [-0.2, 0) is 4.74 Å². The largest absolute Gasteiger partial charge is 0.440 e. The van der Waals surface area contributed by atoms with Crippen molar-refractivity contribution in [1.82, 2.24) is 5.32 Å². The topological polar surface area (TPSA) is 58.6 Å². The van der Waals surface area contributed by atoms with Crippen LogP contribution in [0.15, 0.2) is 12.2 Å². The molecule has 0 unspecified atom stereocenters. The van der Waals surface area contributed by atoms with Crippen molar-refractivity contribution >= 4 is 6.09 Å². The first-order chi connectivity index (χ1) is 6.76. The molecule has 4 heteroatoms. The standard InChI is InChI=1S/C11H19NO3/c1-8-5-11(6-8,7-13)15-9(14)12-10(2,3)4/h13H,1,5-7H2,2-4H3,(H,12,14). The Morgan fingerprint density at radius 1 is 1.60 bits per heavy atom. The number of carbonyl (C=O) groups excluding carboxylic acids is 1. The van der Waals surface area contributed by atoms with Gasteiger partial charge in [0.05, 0.1) is 6.61 Å². The molecule has 86 valence electrons. The van der Waals surface area contributed by atoms with Gasteiger partial charge in [-0.25, -0.2) is 4.79 Å². The Hall–Kier alpha value is -1.03. The molecule has 0 aromatic heterocycles. The van der Waals surface area contributed by atoms with E-state index < -0.39 is 11.7 Å². The van der Waals surface area contributed by atoms with Gasteiger partial charge in [0, 0.05) is 18.4 Å². The average molecular weight is 213 g/mol. The number of hydrogen-bond donors (Lipinski definition) is 2. The molecule has 1 fully saturated rings. The second kappa shape index (κ2) is 3.85. The lowest BCUT2D eigenvalue weighted by Crippen LogP contribution is -2.51. The molecule has 0 spiro atoms. The maximum Gasteiger partial charge on any atom is 0.408 e. The van der Waals surface area contributed by atoms with E-state index in [1.807, 2.05) is 20.8 Å². The maximum atomic E-state index is 11.5. The van der Waals surface area contributed by atoms with Crippen molar-refractivity contribution in [3.8, 4) is 0 Å². The molecule has 0 aromatic rings. The van der Waals surface area contributed by atoms with Crippen molar-refractivity contribution in [2.75, 3.05) is 6.61 Å². The zero-order valence-electron chi connectivity index (χ0n) is 9.59. The van der Waals surface area contributed by atoms with Gasteiger partial charge in [-0.15, -0.1) is 0 Å². The molecule has 2 N–H and O–H groups in total. The van der Waals surface area contributed by atoms with E-state index in [-0.39, 0.29) is 12.1 Å². The predicted molar refractivity (Wildman–Crippen MR) is 57.6 cm³/mol. The number of nitrogens with one attached hydrogen (secondary N) is 1. The Labute approximate surface area is 90.3 Å². The highest BCUT2D eigenvalue weighted by Gasteiger charge is 2.43. The molecule has 15 heavy (non-hydrogen) atoms. The SMILES string of the molecule is C=C1CC(CO)(OC(=O)NC(C)(C)C)C1. The lowest BCUT2D eigenvalue weighted by molar-refractivity contribution is -0.0579. The molecule has 0 saturated heterocycles. The van der Waals surface area contributed by atoms with E-state index >= 15 is 0 Å². The molecule has 0 heterocycles. The summed E-state index contributed by atoms with van der Waals surface area (Å²) in [5.74, 6) is 0. The summed E-state index contributed by atoms with van der Waals surface area (Å²) in [5.41, 5.74) is -0.0476. The molecular weight excluding hydrogens is 194 g/mol. The van der Waals surface area contributed by atoms with Crippen molar-refractivity contribution < 1.29 is 14.6 Å². The van der Waals surface area contributed by atoms with Crippen LogP contribution in [0.25, 0.3) is 0 Å². The number of aliphatic hydroxyl groups excluding tert-OH is 1. The van der Waals surface area contributed by atoms with Crippen LogP contribution in [0.1, 0.15) is 33.6 Å². The fraction of sp³-hybridized carbons (Fsp3) is 0.727. The van der Waals surface area contributed by atoms with Crippen LogP contribution in [-0.4, -0.2) is 28.9 Å². The minimum absolute atomic E-state index is 0.149. The fourth-order valence-electron chi connectivity index (χ4n) is 1.60. The highest BCUT2D eigenvalue weighted by atomic mass is 16.6. The molecule has 1 rings (SSSR count). The average Bonchev–Trinajstić information content (AvgIpc) is 1.97. The summed E-state index contributed by atoms with van der Waals surface area (Å²) in [5, 5.41) is 11.8. The molecule has 1 aliphatic rings. The predicted octanol–water partition coefficient (Wildman–Crippen LogP) is 1.59. The van der Waals surface area contributed by atoms with Crippen LogP contribution in [0.3, 0.4) is 0 Å². The van der Waals surface area contributed by atoms with Gasteiger partial charge in [0.25, 0.3) is 0 Å². The quantitative estimate of drug-likeness (QED) is 0.685. The van der Waals surface area contributed by atoms with Gasteiger partial charge in [-0.05, 0) is 20.8 Å². The summed E-state index contributed by atoms with van der Waals surface area (Å²) >= 11 is 0. The molecule has 0 atom stereocenters. The summed E-state index contributed by atoms with van der Waals surface area (Å²) in [4.78, 5) is 11.5. The molecular formula is C11H19NO3.